The Balaban J connectivity index is 4.27. The first-order chi connectivity index (χ1) is 38.5. The van der Waals surface area contributed by atoms with Crippen LogP contribution in [-0.2, 0) is 28.6 Å². The highest BCUT2D eigenvalue weighted by molar-refractivity contribution is 5.71. The second-order valence-electron chi connectivity index (χ2n) is 21.3. The van der Waals surface area contributed by atoms with Crippen LogP contribution in [0.3, 0.4) is 0 Å². The van der Waals surface area contributed by atoms with Gasteiger partial charge in [-0.1, -0.05) is 290 Å². The van der Waals surface area contributed by atoms with Gasteiger partial charge in [-0.05, 0) is 109 Å². The average Bonchev–Trinajstić information content (AvgIpc) is 3.44. The number of rotatable bonds is 58. The van der Waals surface area contributed by atoms with E-state index in [2.05, 4.69) is 142 Å². The van der Waals surface area contributed by atoms with Crippen molar-refractivity contribution in [2.45, 2.75) is 303 Å². The van der Waals surface area contributed by atoms with E-state index in [9.17, 15) is 14.4 Å². The van der Waals surface area contributed by atoms with Crippen molar-refractivity contribution in [1.29, 1.82) is 0 Å². The van der Waals surface area contributed by atoms with Crippen LogP contribution < -0.4 is 0 Å². The number of unbranched alkanes of at least 4 members (excludes halogenated alkanes) is 27. The van der Waals surface area contributed by atoms with Crippen LogP contribution >= 0.6 is 0 Å². The SMILES string of the molecule is CC/C=C\C/C=C\C/C=C\C/C=C\C/C=C\C/C=C\CCCCCCCCCCCCCCC(=O)OCC(COC(=O)CCCCCCCCCCCCCCCC)OC(=O)CCCC/C=C\C/C=C\C/C=C\C/C=C\CC. The first-order valence-corrected chi connectivity index (χ1v) is 32.5. The number of esters is 3. The molecule has 1 atom stereocenters. The van der Waals surface area contributed by atoms with Gasteiger partial charge >= 0.3 is 17.9 Å². The second-order valence-corrected chi connectivity index (χ2v) is 21.3. The summed E-state index contributed by atoms with van der Waals surface area (Å²) in [5, 5.41) is 0. The van der Waals surface area contributed by atoms with Crippen molar-refractivity contribution >= 4 is 17.9 Å². The van der Waals surface area contributed by atoms with E-state index in [1.54, 1.807) is 0 Å². The van der Waals surface area contributed by atoms with Crippen LogP contribution in [-0.4, -0.2) is 37.2 Å². The smallest absolute Gasteiger partial charge is 0.306 e. The van der Waals surface area contributed by atoms with E-state index in [4.69, 9.17) is 14.2 Å². The third kappa shape index (κ3) is 62.7. The zero-order valence-electron chi connectivity index (χ0n) is 50.9. The predicted molar refractivity (Wildman–Crippen MR) is 339 cm³/mol. The lowest BCUT2D eigenvalue weighted by Gasteiger charge is -2.18. The van der Waals surface area contributed by atoms with Crippen molar-refractivity contribution in [1.82, 2.24) is 0 Å². The van der Waals surface area contributed by atoms with Crippen LogP contribution in [0.4, 0.5) is 0 Å². The van der Waals surface area contributed by atoms with Crippen molar-refractivity contribution < 1.29 is 28.6 Å². The first kappa shape index (κ1) is 73.8. The Morgan fingerprint density at radius 1 is 0.269 bits per heavy atom. The molecule has 0 heterocycles. The maximum atomic E-state index is 12.9. The fourth-order valence-electron chi connectivity index (χ4n) is 8.91. The van der Waals surface area contributed by atoms with Crippen molar-refractivity contribution in [2.24, 2.45) is 0 Å². The van der Waals surface area contributed by atoms with Gasteiger partial charge in [0.1, 0.15) is 13.2 Å². The number of carbonyl (C=O) groups excluding carboxylic acids is 3. The highest BCUT2D eigenvalue weighted by Gasteiger charge is 2.19. The van der Waals surface area contributed by atoms with Crippen molar-refractivity contribution in [3.05, 3.63) is 122 Å². The minimum absolute atomic E-state index is 0.0938. The normalized spacial score (nSPS) is 12.9. The van der Waals surface area contributed by atoms with Gasteiger partial charge in [-0.2, -0.15) is 0 Å². The largest absolute Gasteiger partial charge is 0.462 e. The highest BCUT2D eigenvalue weighted by Crippen LogP contribution is 2.16. The molecule has 0 amide bonds. The summed E-state index contributed by atoms with van der Waals surface area (Å²) in [4.78, 5) is 38.3. The molecule has 0 aliphatic heterocycles. The summed E-state index contributed by atoms with van der Waals surface area (Å²) in [6, 6.07) is 0. The molecule has 0 radical (unpaired) electrons. The Morgan fingerprint density at radius 3 is 0.808 bits per heavy atom. The van der Waals surface area contributed by atoms with Gasteiger partial charge in [0.2, 0.25) is 0 Å². The zero-order valence-corrected chi connectivity index (χ0v) is 50.9. The quantitative estimate of drug-likeness (QED) is 0.0261. The minimum atomic E-state index is -0.801. The van der Waals surface area contributed by atoms with Gasteiger partial charge in [0.05, 0.1) is 0 Å². The Bertz CT molecular complexity index is 1620. The molecule has 0 aliphatic rings. The number of hydrogen-bond acceptors (Lipinski definition) is 6. The van der Waals surface area contributed by atoms with E-state index >= 15 is 0 Å². The van der Waals surface area contributed by atoms with Gasteiger partial charge < -0.3 is 14.2 Å². The van der Waals surface area contributed by atoms with Crippen LogP contribution in [0.15, 0.2) is 122 Å². The average molecular weight is 1080 g/mol. The van der Waals surface area contributed by atoms with Gasteiger partial charge in [0, 0.05) is 19.3 Å². The molecule has 0 fully saturated rings. The Labute approximate surface area is 482 Å². The molecule has 0 spiro atoms. The molecular weight excluding hydrogens is 961 g/mol. The van der Waals surface area contributed by atoms with Gasteiger partial charge in [-0.15, -0.1) is 0 Å². The van der Waals surface area contributed by atoms with Crippen LogP contribution in [0.2, 0.25) is 0 Å². The van der Waals surface area contributed by atoms with Crippen LogP contribution in [0, 0.1) is 0 Å². The van der Waals surface area contributed by atoms with Crippen molar-refractivity contribution in [3.8, 4) is 0 Å². The molecule has 1 unspecified atom stereocenters. The Hall–Kier alpha value is -4.19. The molecule has 6 heteroatoms. The van der Waals surface area contributed by atoms with Crippen molar-refractivity contribution in [3.63, 3.8) is 0 Å². The summed E-state index contributed by atoms with van der Waals surface area (Å²) < 4.78 is 16.9. The molecule has 0 N–H and O–H groups in total. The summed E-state index contributed by atoms with van der Waals surface area (Å²) in [6.45, 7) is 6.39. The van der Waals surface area contributed by atoms with E-state index in [0.29, 0.717) is 19.3 Å². The van der Waals surface area contributed by atoms with Gasteiger partial charge in [-0.25, -0.2) is 0 Å². The van der Waals surface area contributed by atoms with Gasteiger partial charge in [-0.3, -0.25) is 14.4 Å². The molecule has 0 aromatic rings. The zero-order chi connectivity index (χ0) is 56.4. The van der Waals surface area contributed by atoms with Gasteiger partial charge in [0.25, 0.3) is 0 Å². The van der Waals surface area contributed by atoms with Crippen LogP contribution in [0.25, 0.3) is 0 Å². The van der Waals surface area contributed by atoms with E-state index in [-0.39, 0.29) is 37.5 Å². The molecule has 0 saturated heterocycles. The number of ether oxygens (including phenoxy) is 3. The number of carbonyl (C=O) groups is 3. The fraction of sp³-hybridized carbons (Fsp3) is 0.681. The van der Waals surface area contributed by atoms with Crippen molar-refractivity contribution in [2.75, 3.05) is 13.2 Å². The van der Waals surface area contributed by atoms with E-state index in [1.165, 1.54) is 135 Å². The molecule has 0 bridgehead atoms. The van der Waals surface area contributed by atoms with Crippen LogP contribution in [0.5, 0.6) is 0 Å². The maximum Gasteiger partial charge on any atom is 0.306 e. The third-order valence-corrected chi connectivity index (χ3v) is 13.7. The fourth-order valence-corrected chi connectivity index (χ4v) is 8.91. The predicted octanol–water partition coefficient (Wildman–Crippen LogP) is 22.4. The second kappa shape index (κ2) is 65.3. The van der Waals surface area contributed by atoms with Crippen LogP contribution in [0.1, 0.15) is 297 Å². The molecule has 0 aromatic carbocycles. The molecule has 444 valence electrons. The minimum Gasteiger partial charge on any atom is -0.462 e. The maximum absolute atomic E-state index is 12.9. The lowest BCUT2D eigenvalue weighted by molar-refractivity contribution is -0.167. The molecule has 0 aromatic heterocycles. The molecule has 0 saturated carbocycles. The lowest BCUT2D eigenvalue weighted by Crippen LogP contribution is -2.30. The molecular formula is C72H120O6. The highest BCUT2D eigenvalue weighted by atomic mass is 16.6. The first-order valence-electron chi connectivity index (χ1n) is 32.5. The summed E-state index contributed by atoms with van der Waals surface area (Å²) in [5.41, 5.74) is 0. The molecule has 78 heavy (non-hydrogen) atoms. The summed E-state index contributed by atoms with van der Waals surface area (Å²) in [5.74, 6) is -0.931. The van der Waals surface area contributed by atoms with E-state index in [1.807, 2.05) is 0 Å². The van der Waals surface area contributed by atoms with E-state index < -0.39 is 6.10 Å². The Kier molecular flexibility index (Phi) is 61.8. The lowest BCUT2D eigenvalue weighted by atomic mass is 10.0. The summed E-state index contributed by atoms with van der Waals surface area (Å²) >= 11 is 0. The third-order valence-electron chi connectivity index (χ3n) is 13.7. The molecule has 0 rings (SSSR count). The number of hydrogen-bond donors (Lipinski definition) is 0. The Morgan fingerprint density at radius 2 is 0.500 bits per heavy atom. The topological polar surface area (TPSA) is 78.9 Å². The molecule has 6 nitrogen and oxygen atoms in total. The number of allylic oxidation sites excluding steroid dienone is 20. The summed E-state index contributed by atoms with van der Waals surface area (Å²) in [6.07, 6.45) is 90.7. The standard InChI is InChI=1S/C72H120O6/c1-4-7-10-13-16-19-22-25-28-29-30-31-32-33-34-35-36-37-38-39-40-41-42-43-45-47-50-53-56-59-62-65-71(74)77-68-69(67-76-70(73)64-61-58-55-52-49-46-27-24-21-18-15-12-9-6-3)78-72(75)66-63-60-57-54-51-48-44-26-23-20-17-14-11-8-5-2/h7-8,10-11,16-17,19-20,25-26,28,30-31,33-34,36-37,44,51,54,69H,4-6,9,12-15,18,21-24,27,29,32,35,38-43,45-50,52-53,55-68H2,1-3H3/b10-7-,11-8-,19-16-,20-17-,28-25-,31-30-,34-33-,37-36-,44-26-,54-51-. The monoisotopic (exact) mass is 1080 g/mol. The van der Waals surface area contributed by atoms with Gasteiger partial charge in [0.15, 0.2) is 6.10 Å². The molecule has 0 aliphatic carbocycles. The van der Waals surface area contributed by atoms with E-state index in [0.717, 1.165) is 116 Å². The summed E-state index contributed by atoms with van der Waals surface area (Å²) in [7, 11) is 0.